The number of rotatable bonds is 7. The third kappa shape index (κ3) is 5.36. The molecule has 0 spiro atoms. The first-order chi connectivity index (χ1) is 13.9. The van der Waals surface area contributed by atoms with E-state index in [0.29, 0.717) is 31.5 Å². The summed E-state index contributed by atoms with van der Waals surface area (Å²) in [5.41, 5.74) is -0.113. The Balaban J connectivity index is 1.83. The van der Waals surface area contributed by atoms with Crippen LogP contribution in [0.3, 0.4) is 0 Å². The summed E-state index contributed by atoms with van der Waals surface area (Å²) in [4.78, 5) is 16.6. The van der Waals surface area contributed by atoms with Gasteiger partial charge in [0.1, 0.15) is 0 Å². The average Bonchev–Trinajstić information content (AvgIpc) is 2.70. The van der Waals surface area contributed by atoms with Gasteiger partial charge >= 0.3 is 12.6 Å². The molecule has 8 heteroatoms. The quantitative estimate of drug-likeness (QED) is 0.682. The molecule has 29 heavy (non-hydrogen) atoms. The van der Waals surface area contributed by atoms with Gasteiger partial charge in [-0.05, 0) is 43.9 Å². The van der Waals surface area contributed by atoms with Gasteiger partial charge in [0.25, 0.3) is 5.54 Å². The fourth-order valence-corrected chi connectivity index (χ4v) is 4.18. The first-order valence-corrected chi connectivity index (χ1v) is 10.0. The van der Waals surface area contributed by atoms with E-state index < -0.39 is 18.1 Å². The Morgan fingerprint density at radius 2 is 1.93 bits per heavy atom. The second-order valence-corrected chi connectivity index (χ2v) is 7.73. The van der Waals surface area contributed by atoms with Crippen LogP contribution in [0.1, 0.15) is 50.5 Å². The summed E-state index contributed by atoms with van der Waals surface area (Å²) < 4.78 is 36.4. The van der Waals surface area contributed by atoms with Gasteiger partial charge in [-0.3, -0.25) is 9.69 Å². The lowest BCUT2D eigenvalue weighted by atomic mass is 9.81. The first-order valence-electron chi connectivity index (χ1n) is 10.0. The van der Waals surface area contributed by atoms with E-state index in [2.05, 4.69) is 9.58 Å². The van der Waals surface area contributed by atoms with Crippen molar-refractivity contribution in [1.29, 1.82) is 0 Å². The fraction of sp³-hybridized carbons (Fsp3) is 0.619. The van der Waals surface area contributed by atoms with E-state index in [0.717, 1.165) is 32.1 Å². The van der Waals surface area contributed by atoms with Crippen LogP contribution in [0.25, 0.3) is 4.85 Å². The van der Waals surface area contributed by atoms with Crippen molar-refractivity contribution < 1.29 is 28.2 Å². The third-order valence-electron chi connectivity index (χ3n) is 5.80. The smallest absolute Gasteiger partial charge is 0.387 e. The van der Waals surface area contributed by atoms with Crippen LogP contribution in [0.2, 0.25) is 0 Å². The van der Waals surface area contributed by atoms with Gasteiger partial charge in [0.05, 0.1) is 12.6 Å². The minimum Gasteiger partial charge on any atom is -0.487 e. The van der Waals surface area contributed by atoms with Crippen molar-refractivity contribution >= 4 is 5.97 Å². The number of carboxylic acids is 1. The second kappa shape index (κ2) is 9.40. The van der Waals surface area contributed by atoms with Gasteiger partial charge in [-0.2, -0.15) is 8.78 Å². The van der Waals surface area contributed by atoms with E-state index in [-0.39, 0.29) is 24.1 Å². The fourth-order valence-electron chi connectivity index (χ4n) is 4.18. The van der Waals surface area contributed by atoms with Crippen LogP contribution in [0.4, 0.5) is 8.78 Å². The van der Waals surface area contributed by atoms with E-state index in [9.17, 15) is 13.6 Å². The molecule has 1 N–H and O–H groups in total. The third-order valence-corrected chi connectivity index (χ3v) is 5.80. The highest BCUT2D eigenvalue weighted by atomic mass is 19.3. The molecule has 158 valence electrons. The number of nitrogens with zero attached hydrogens (tertiary/aromatic N) is 2. The Morgan fingerprint density at radius 1 is 1.24 bits per heavy atom. The molecule has 1 saturated heterocycles. The molecular formula is C21H26F2N2O4. The van der Waals surface area contributed by atoms with Crippen LogP contribution in [-0.4, -0.2) is 48.3 Å². The maximum atomic E-state index is 12.8. The predicted molar refractivity (Wildman–Crippen MR) is 102 cm³/mol. The number of carbonyl (C=O) groups is 1. The first kappa shape index (κ1) is 21.3. The lowest BCUT2D eigenvalue weighted by Crippen LogP contribution is -2.43. The molecule has 1 saturated carbocycles. The van der Waals surface area contributed by atoms with Crippen molar-refractivity contribution in [3.63, 3.8) is 0 Å². The van der Waals surface area contributed by atoms with Crippen LogP contribution in [0.15, 0.2) is 18.2 Å². The van der Waals surface area contributed by atoms with Crippen LogP contribution >= 0.6 is 0 Å². The van der Waals surface area contributed by atoms with Gasteiger partial charge in [-0.25, -0.2) is 6.57 Å². The average molecular weight is 408 g/mol. The van der Waals surface area contributed by atoms with Crippen molar-refractivity contribution in [3.05, 3.63) is 35.2 Å². The number of piperidine rings is 1. The number of carboxylic acid groups (broad SMARTS) is 1. The molecule has 0 amide bonds. The van der Waals surface area contributed by atoms with E-state index >= 15 is 0 Å². The van der Waals surface area contributed by atoms with Crippen molar-refractivity contribution in [2.75, 3.05) is 19.6 Å². The molecule has 0 unspecified atom stereocenters. The summed E-state index contributed by atoms with van der Waals surface area (Å²) in [6.45, 7) is 5.75. The molecule has 1 aliphatic heterocycles. The Hall–Kier alpha value is -2.40. The lowest BCUT2D eigenvalue weighted by molar-refractivity contribution is -0.138. The normalized spacial score (nSPS) is 20.2. The maximum Gasteiger partial charge on any atom is 0.387 e. The predicted octanol–water partition coefficient (Wildman–Crippen LogP) is 4.29. The Bertz CT molecular complexity index is 752. The Labute approximate surface area is 169 Å². The zero-order chi connectivity index (χ0) is 20.9. The summed E-state index contributed by atoms with van der Waals surface area (Å²) in [5.74, 6) is -0.652. The largest absolute Gasteiger partial charge is 0.487 e. The van der Waals surface area contributed by atoms with E-state index in [4.69, 9.17) is 16.4 Å². The molecule has 1 aliphatic carbocycles. The molecule has 2 fully saturated rings. The number of hydrogen-bond donors (Lipinski definition) is 1. The lowest BCUT2D eigenvalue weighted by Gasteiger charge is -2.33. The summed E-state index contributed by atoms with van der Waals surface area (Å²) in [6.07, 6.45) is 5.88. The van der Waals surface area contributed by atoms with E-state index in [1.54, 1.807) is 17.0 Å². The van der Waals surface area contributed by atoms with Gasteiger partial charge < -0.3 is 19.4 Å². The van der Waals surface area contributed by atoms with Crippen LogP contribution in [-0.2, 0) is 10.3 Å². The molecule has 6 nitrogen and oxygen atoms in total. The molecule has 1 heterocycles. The minimum absolute atomic E-state index is 0.0160. The molecule has 3 rings (SSSR count). The van der Waals surface area contributed by atoms with Gasteiger partial charge in [0, 0.05) is 31.5 Å². The zero-order valence-corrected chi connectivity index (χ0v) is 16.3. The SMILES string of the molecule is [C-]#[N+]C1(c2ccc(OC(F)F)c(OC3CCCCC3)c2)CCN(CC(=O)O)CC1. The summed E-state index contributed by atoms with van der Waals surface area (Å²) in [7, 11) is 0. The van der Waals surface area contributed by atoms with Crippen molar-refractivity contribution in [1.82, 2.24) is 4.90 Å². The summed E-state index contributed by atoms with van der Waals surface area (Å²) >= 11 is 0. The second-order valence-electron chi connectivity index (χ2n) is 7.73. The van der Waals surface area contributed by atoms with Crippen molar-refractivity contribution in [2.24, 2.45) is 0 Å². The number of halogens is 2. The van der Waals surface area contributed by atoms with Crippen LogP contribution in [0, 0.1) is 6.57 Å². The molecular weight excluding hydrogens is 382 g/mol. The topological polar surface area (TPSA) is 63.4 Å². The molecule has 0 bridgehead atoms. The summed E-state index contributed by atoms with van der Waals surface area (Å²) in [6, 6.07) is 4.77. The number of alkyl halides is 2. The highest BCUT2D eigenvalue weighted by molar-refractivity contribution is 5.69. The molecule has 1 aromatic rings. The molecule has 0 aromatic heterocycles. The van der Waals surface area contributed by atoms with Crippen molar-refractivity contribution in [3.8, 4) is 11.5 Å². The van der Waals surface area contributed by atoms with Crippen LogP contribution < -0.4 is 9.47 Å². The van der Waals surface area contributed by atoms with Gasteiger partial charge in [-0.1, -0.05) is 6.42 Å². The van der Waals surface area contributed by atoms with Gasteiger partial charge in [0.15, 0.2) is 11.5 Å². The highest BCUT2D eigenvalue weighted by Crippen LogP contribution is 2.42. The maximum absolute atomic E-state index is 12.8. The zero-order valence-electron chi connectivity index (χ0n) is 16.3. The number of benzene rings is 1. The number of ether oxygens (including phenoxy) is 2. The molecule has 0 radical (unpaired) electrons. The van der Waals surface area contributed by atoms with Crippen molar-refractivity contribution in [2.45, 2.75) is 63.2 Å². The van der Waals surface area contributed by atoms with E-state index in [1.807, 2.05) is 0 Å². The monoisotopic (exact) mass is 408 g/mol. The molecule has 1 aromatic carbocycles. The number of aliphatic carboxylic acids is 1. The van der Waals surface area contributed by atoms with Gasteiger partial charge in [-0.15, -0.1) is 0 Å². The summed E-state index contributed by atoms with van der Waals surface area (Å²) in [5, 5.41) is 8.97. The van der Waals surface area contributed by atoms with Crippen LogP contribution in [0.5, 0.6) is 11.5 Å². The minimum atomic E-state index is -2.95. The Morgan fingerprint density at radius 3 is 2.52 bits per heavy atom. The standard InChI is InChI=1S/C21H26F2N2O4/c1-24-21(9-11-25(12-10-21)14-19(26)27)15-7-8-17(29-20(22)23)18(13-15)28-16-5-3-2-4-6-16/h7-8,13,16,20H,2-6,9-12,14H2,(H,26,27). The van der Waals surface area contributed by atoms with E-state index in [1.165, 1.54) is 6.07 Å². The van der Waals surface area contributed by atoms with Gasteiger partial charge in [0.2, 0.25) is 0 Å². The number of hydrogen-bond acceptors (Lipinski definition) is 4. The highest BCUT2D eigenvalue weighted by Gasteiger charge is 2.43. The molecule has 2 aliphatic rings. The number of likely N-dealkylation sites (tertiary alicyclic amines) is 1. The Kier molecular flexibility index (Phi) is 6.91. The molecule has 0 atom stereocenters.